The van der Waals surface area contributed by atoms with E-state index in [0.717, 1.165) is 13.0 Å². The highest BCUT2D eigenvalue weighted by Crippen LogP contribution is 2.13. The van der Waals surface area contributed by atoms with Crippen molar-refractivity contribution in [2.45, 2.75) is 59.6 Å². The van der Waals surface area contributed by atoms with E-state index in [-0.39, 0.29) is 17.4 Å². The van der Waals surface area contributed by atoms with E-state index >= 15 is 0 Å². The van der Waals surface area contributed by atoms with E-state index in [1.54, 1.807) is 0 Å². The van der Waals surface area contributed by atoms with Crippen molar-refractivity contribution in [1.82, 2.24) is 10.6 Å². The van der Waals surface area contributed by atoms with E-state index in [9.17, 15) is 4.79 Å². The van der Waals surface area contributed by atoms with Gasteiger partial charge in [0.05, 0.1) is 25.4 Å². The summed E-state index contributed by atoms with van der Waals surface area (Å²) in [6.45, 7) is 15.5. The first kappa shape index (κ1) is 20.3. The second-order valence-electron chi connectivity index (χ2n) is 6.53. The Kier molecular flexibility index (Phi) is 10.6. The molecule has 0 aromatic carbocycles. The lowest BCUT2D eigenvalue weighted by molar-refractivity contribution is -0.124. The Morgan fingerprint density at radius 2 is 1.71 bits per heavy atom. The molecule has 5 nitrogen and oxygen atoms in total. The zero-order valence-corrected chi connectivity index (χ0v) is 14.6. The van der Waals surface area contributed by atoms with E-state index in [0.29, 0.717) is 32.4 Å². The molecule has 0 saturated carbocycles. The van der Waals surface area contributed by atoms with E-state index in [1.807, 2.05) is 27.7 Å². The van der Waals surface area contributed by atoms with Crippen LogP contribution in [0, 0.1) is 5.92 Å². The van der Waals surface area contributed by atoms with Crippen molar-refractivity contribution in [3.05, 3.63) is 0 Å². The van der Waals surface area contributed by atoms with Crippen LogP contribution in [0.4, 0.5) is 0 Å². The average molecular weight is 302 g/mol. The van der Waals surface area contributed by atoms with Crippen LogP contribution in [0.25, 0.3) is 0 Å². The highest BCUT2D eigenvalue weighted by atomic mass is 16.5. The van der Waals surface area contributed by atoms with Crippen molar-refractivity contribution >= 4 is 5.91 Å². The fourth-order valence-electron chi connectivity index (χ4n) is 1.66. The molecule has 2 N–H and O–H groups in total. The van der Waals surface area contributed by atoms with Crippen LogP contribution < -0.4 is 10.6 Å². The maximum Gasteiger partial charge on any atom is 0.222 e. The number of hydrogen-bond acceptors (Lipinski definition) is 4. The third-order valence-electron chi connectivity index (χ3n) is 3.07. The van der Waals surface area contributed by atoms with Crippen LogP contribution in [-0.2, 0) is 14.3 Å². The van der Waals surface area contributed by atoms with Crippen LogP contribution in [-0.4, -0.2) is 50.5 Å². The number of hydrogen-bond donors (Lipinski definition) is 2. The van der Waals surface area contributed by atoms with Crippen molar-refractivity contribution in [3.8, 4) is 0 Å². The van der Waals surface area contributed by atoms with E-state index < -0.39 is 0 Å². The standard InChI is InChI=1S/C16H34N2O3/c1-13(2)15(19)18-8-7-16(5,6)21-12-11-20-10-9-17-14(3)4/h13-14,17H,7-12H2,1-6H3,(H,18,19). The van der Waals surface area contributed by atoms with Crippen molar-refractivity contribution in [2.24, 2.45) is 5.92 Å². The first-order valence-electron chi connectivity index (χ1n) is 7.97. The molecule has 0 heterocycles. The van der Waals surface area contributed by atoms with E-state index in [1.165, 1.54) is 0 Å². The Morgan fingerprint density at radius 1 is 1.05 bits per heavy atom. The summed E-state index contributed by atoms with van der Waals surface area (Å²) in [6, 6.07) is 0.491. The van der Waals surface area contributed by atoms with Crippen LogP contribution in [0.15, 0.2) is 0 Å². The number of ether oxygens (including phenoxy) is 2. The number of nitrogens with one attached hydrogen (secondary N) is 2. The Labute approximate surface area is 130 Å². The van der Waals surface area contributed by atoms with Crippen molar-refractivity contribution in [1.29, 1.82) is 0 Å². The minimum Gasteiger partial charge on any atom is -0.378 e. The Hall–Kier alpha value is -0.650. The lowest BCUT2D eigenvalue weighted by Gasteiger charge is -2.25. The lowest BCUT2D eigenvalue weighted by atomic mass is 10.1. The summed E-state index contributed by atoms with van der Waals surface area (Å²) in [7, 11) is 0. The zero-order valence-electron chi connectivity index (χ0n) is 14.6. The van der Waals surface area contributed by atoms with Gasteiger partial charge in [-0.05, 0) is 20.3 Å². The summed E-state index contributed by atoms with van der Waals surface area (Å²) < 4.78 is 11.3. The molecule has 0 radical (unpaired) electrons. The van der Waals surface area contributed by atoms with Gasteiger partial charge in [0.2, 0.25) is 5.91 Å². The molecule has 0 aromatic heterocycles. The van der Waals surface area contributed by atoms with Gasteiger partial charge in [-0.1, -0.05) is 27.7 Å². The minimum atomic E-state index is -0.246. The Bertz CT molecular complexity index is 279. The first-order valence-corrected chi connectivity index (χ1v) is 7.97. The maximum atomic E-state index is 11.5. The molecule has 0 aromatic rings. The molecule has 0 aliphatic carbocycles. The zero-order chi connectivity index (χ0) is 16.3. The van der Waals surface area contributed by atoms with Crippen LogP contribution in [0.3, 0.4) is 0 Å². The fraction of sp³-hybridized carbons (Fsp3) is 0.938. The monoisotopic (exact) mass is 302 g/mol. The largest absolute Gasteiger partial charge is 0.378 e. The van der Waals surface area contributed by atoms with Gasteiger partial charge in [0.25, 0.3) is 0 Å². The molecule has 0 bridgehead atoms. The molecule has 126 valence electrons. The highest BCUT2D eigenvalue weighted by molar-refractivity contribution is 5.77. The van der Waals surface area contributed by atoms with Crippen LogP contribution in [0.1, 0.15) is 48.0 Å². The lowest BCUT2D eigenvalue weighted by Crippen LogP contribution is -2.35. The molecule has 0 spiro atoms. The maximum absolute atomic E-state index is 11.5. The quantitative estimate of drug-likeness (QED) is 0.541. The number of rotatable bonds is 12. The van der Waals surface area contributed by atoms with Gasteiger partial charge < -0.3 is 20.1 Å². The predicted molar refractivity (Wildman–Crippen MR) is 86.5 cm³/mol. The number of carbonyl (C=O) groups excluding carboxylic acids is 1. The fourth-order valence-corrected chi connectivity index (χ4v) is 1.66. The van der Waals surface area contributed by atoms with Gasteiger partial charge in [0.1, 0.15) is 0 Å². The van der Waals surface area contributed by atoms with Crippen LogP contribution >= 0.6 is 0 Å². The molecule has 0 unspecified atom stereocenters. The molecular formula is C16H34N2O3. The molecule has 0 saturated heterocycles. The van der Waals surface area contributed by atoms with Crippen molar-refractivity contribution < 1.29 is 14.3 Å². The Balaban J connectivity index is 3.57. The summed E-state index contributed by atoms with van der Waals surface area (Å²) in [5.41, 5.74) is -0.246. The van der Waals surface area contributed by atoms with Crippen LogP contribution in [0.5, 0.6) is 0 Å². The molecule has 5 heteroatoms. The number of carbonyl (C=O) groups is 1. The first-order chi connectivity index (χ1) is 9.74. The molecule has 0 aliphatic heterocycles. The molecule has 0 fully saturated rings. The molecule has 0 aliphatic rings. The second kappa shape index (κ2) is 11.0. The van der Waals surface area contributed by atoms with Gasteiger partial charge in [0.15, 0.2) is 0 Å². The third kappa shape index (κ3) is 12.8. The molecule has 1 amide bonds. The smallest absolute Gasteiger partial charge is 0.222 e. The van der Waals surface area contributed by atoms with Gasteiger partial charge in [-0.3, -0.25) is 4.79 Å². The average Bonchev–Trinajstić information content (AvgIpc) is 2.36. The summed E-state index contributed by atoms with van der Waals surface area (Å²) in [5, 5.41) is 6.20. The summed E-state index contributed by atoms with van der Waals surface area (Å²) >= 11 is 0. The minimum absolute atomic E-state index is 0.0295. The van der Waals surface area contributed by atoms with Gasteiger partial charge in [-0.25, -0.2) is 0 Å². The molecular weight excluding hydrogens is 268 g/mol. The number of amides is 1. The highest BCUT2D eigenvalue weighted by Gasteiger charge is 2.18. The van der Waals surface area contributed by atoms with Gasteiger partial charge >= 0.3 is 0 Å². The summed E-state index contributed by atoms with van der Waals surface area (Å²) in [6.07, 6.45) is 0.792. The predicted octanol–water partition coefficient (Wildman–Crippen LogP) is 1.96. The molecule has 0 rings (SSSR count). The van der Waals surface area contributed by atoms with Gasteiger partial charge in [0, 0.05) is 25.0 Å². The van der Waals surface area contributed by atoms with Gasteiger partial charge in [-0.2, -0.15) is 0 Å². The summed E-state index contributed by atoms with van der Waals surface area (Å²) in [5.74, 6) is 0.119. The van der Waals surface area contributed by atoms with E-state index in [2.05, 4.69) is 24.5 Å². The topological polar surface area (TPSA) is 59.6 Å². The van der Waals surface area contributed by atoms with Crippen molar-refractivity contribution in [3.63, 3.8) is 0 Å². The normalized spacial score (nSPS) is 12.2. The molecule has 0 atom stereocenters. The third-order valence-corrected chi connectivity index (χ3v) is 3.07. The molecule has 21 heavy (non-hydrogen) atoms. The Morgan fingerprint density at radius 3 is 2.29 bits per heavy atom. The van der Waals surface area contributed by atoms with Gasteiger partial charge in [-0.15, -0.1) is 0 Å². The van der Waals surface area contributed by atoms with E-state index in [4.69, 9.17) is 9.47 Å². The second-order valence-corrected chi connectivity index (χ2v) is 6.53. The SMILES string of the molecule is CC(C)NCCOCCOC(C)(C)CCNC(=O)C(C)C. The summed E-state index contributed by atoms with van der Waals surface area (Å²) in [4.78, 5) is 11.5. The van der Waals surface area contributed by atoms with Crippen LogP contribution in [0.2, 0.25) is 0 Å². The van der Waals surface area contributed by atoms with Crippen molar-refractivity contribution in [2.75, 3.05) is 32.9 Å².